The normalized spacial score (nSPS) is 14.2. The lowest BCUT2D eigenvalue weighted by Gasteiger charge is -2.33. The first-order chi connectivity index (χ1) is 19.3. The van der Waals surface area contributed by atoms with Crippen LogP contribution < -0.4 is 33.6 Å². The molecular weight excluding hydrogens is 551 g/mol. The monoisotopic (exact) mass is 594 g/mol. The smallest absolute Gasteiger partial charge is 0.407 e. The van der Waals surface area contributed by atoms with Crippen LogP contribution in [0.15, 0.2) is 91.0 Å². The van der Waals surface area contributed by atoms with Crippen molar-refractivity contribution in [3.05, 3.63) is 91.0 Å². The van der Waals surface area contributed by atoms with Gasteiger partial charge < -0.3 is 27.4 Å². The molecular formula is C34H44ClN2O3P. The van der Waals surface area contributed by atoms with E-state index in [0.717, 1.165) is 38.3 Å². The van der Waals surface area contributed by atoms with Crippen LogP contribution in [0.5, 0.6) is 0 Å². The predicted molar refractivity (Wildman–Crippen MR) is 167 cm³/mol. The highest BCUT2D eigenvalue weighted by Crippen LogP contribution is 2.56. The molecule has 2 amide bonds. The van der Waals surface area contributed by atoms with E-state index in [9.17, 15) is 9.59 Å². The molecule has 1 saturated heterocycles. The highest BCUT2D eigenvalue weighted by molar-refractivity contribution is 7.95. The molecule has 1 N–H and O–H groups in total. The minimum absolute atomic E-state index is 0. The lowest BCUT2D eigenvalue weighted by atomic mass is 10.0. The zero-order chi connectivity index (χ0) is 28.4. The fourth-order valence-electron chi connectivity index (χ4n) is 5.59. The van der Waals surface area contributed by atoms with Crippen LogP contribution in [-0.2, 0) is 9.53 Å². The molecule has 3 aromatic carbocycles. The molecule has 0 aromatic heterocycles. The molecule has 5 nitrogen and oxygen atoms in total. The number of likely N-dealkylation sites (tertiary alicyclic amines) is 1. The Morgan fingerprint density at radius 2 is 1.24 bits per heavy atom. The lowest BCUT2D eigenvalue weighted by molar-refractivity contribution is -0.132. The van der Waals surface area contributed by atoms with Crippen LogP contribution in [0.25, 0.3) is 0 Å². The Hall–Kier alpha value is -2.88. The minimum Gasteiger partial charge on any atom is -1.00 e. The summed E-state index contributed by atoms with van der Waals surface area (Å²) in [6.45, 7) is 6.95. The summed E-state index contributed by atoms with van der Waals surface area (Å²) >= 11 is 0. The van der Waals surface area contributed by atoms with E-state index in [1.54, 1.807) is 0 Å². The van der Waals surface area contributed by atoms with Crippen LogP contribution in [0.4, 0.5) is 4.79 Å². The molecule has 1 fully saturated rings. The summed E-state index contributed by atoms with van der Waals surface area (Å²) in [7, 11) is -1.82. The van der Waals surface area contributed by atoms with Gasteiger partial charge in [0.2, 0.25) is 5.91 Å². The van der Waals surface area contributed by atoms with Crippen molar-refractivity contribution >= 4 is 35.2 Å². The second-order valence-corrected chi connectivity index (χ2v) is 15.3. The first-order valence-corrected chi connectivity index (χ1v) is 16.6. The Kier molecular flexibility index (Phi) is 12.2. The van der Waals surface area contributed by atoms with Gasteiger partial charge in [0.25, 0.3) is 0 Å². The highest BCUT2D eigenvalue weighted by atomic mass is 35.5. The third kappa shape index (κ3) is 9.05. The van der Waals surface area contributed by atoms with E-state index in [0.29, 0.717) is 19.5 Å². The summed E-state index contributed by atoms with van der Waals surface area (Å²) in [4.78, 5) is 27.0. The van der Waals surface area contributed by atoms with E-state index in [-0.39, 0.29) is 30.4 Å². The van der Waals surface area contributed by atoms with Crippen LogP contribution in [0.1, 0.15) is 59.3 Å². The second kappa shape index (κ2) is 15.4. The maximum absolute atomic E-state index is 13.0. The third-order valence-electron chi connectivity index (χ3n) is 7.54. The summed E-state index contributed by atoms with van der Waals surface area (Å²) < 4.78 is 5.37. The van der Waals surface area contributed by atoms with Crippen molar-refractivity contribution in [2.75, 3.05) is 19.3 Å². The van der Waals surface area contributed by atoms with E-state index in [2.05, 4.69) is 96.3 Å². The number of carbonyl (C=O) groups is 2. The molecule has 41 heavy (non-hydrogen) atoms. The van der Waals surface area contributed by atoms with Gasteiger partial charge in [-0.05, 0) is 89.3 Å². The molecule has 0 bridgehead atoms. The molecule has 1 aliphatic heterocycles. The molecule has 1 aliphatic rings. The number of hydrogen-bond donors (Lipinski definition) is 1. The lowest BCUT2D eigenvalue weighted by Crippen LogP contribution is -3.00. The van der Waals surface area contributed by atoms with Gasteiger partial charge in [-0.25, -0.2) is 4.79 Å². The number of unbranched alkanes of at least 4 members (excludes halogenated alkanes) is 2. The van der Waals surface area contributed by atoms with Gasteiger partial charge >= 0.3 is 6.09 Å². The number of piperidine rings is 1. The van der Waals surface area contributed by atoms with Gasteiger partial charge in [0, 0.05) is 25.6 Å². The zero-order valence-electron chi connectivity index (χ0n) is 24.6. The van der Waals surface area contributed by atoms with E-state index in [1.807, 2.05) is 25.7 Å². The Morgan fingerprint density at radius 3 is 1.68 bits per heavy atom. The predicted octanol–water partition coefficient (Wildman–Crippen LogP) is 3.06. The number of halogens is 1. The van der Waals surface area contributed by atoms with E-state index in [1.165, 1.54) is 15.9 Å². The van der Waals surface area contributed by atoms with Crippen LogP contribution in [-0.4, -0.2) is 47.8 Å². The van der Waals surface area contributed by atoms with Gasteiger partial charge in [0.15, 0.2) is 0 Å². The van der Waals surface area contributed by atoms with Crippen molar-refractivity contribution in [2.45, 2.75) is 70.9 Å². The summed E-state index contributed by atoms with van der Waals surface area (Å²) in [6.07, 6.45) is 5.81. The van der Waals surface area contributed by atoms with E-state index >= 15 is 0 Å². The third-order valence-corrected chi connectivity index (χ3v) is 12.1. The standard InChI is InChI=1S/C34H43N2O3P.ClH/c1-34(2,3)39-33(38)35-28-23-25-36(26-24-28)32(37)22-14-7-15-27-40(29-16-8-4-9-17-29,30-18-10-5-11-19-30)31-20-12-6-13-21-31;/h4-6,8-13,16-21,28H,7,14-15,22-27H2,1-3H3;1H. The van der Waals surface area contributed by atoms with Crippen molar-refractivity contribution < 1.29 is 26.7 Å². The number of hydrogen-bond acceptors (Lipinski definition) is 3. The second-order valence-electron chi connectivity index (χ2n) is 11.7. The highest BCUT2D eigenvalue weighted by Gasteiger charge is 2.44. The van der Waals surface area contributed by atoms with E-state index in [4.69, 9.17) is 4.74 Å². The van der Waals surface area contributed by atoms with Crippen LogP contribution in [0, 0.1) is 0 Å². The van der Waals surface area contributed by atoms with Gasteiger partial charge in [-0.2, -0.15) is 0 Å². The van der Waals surface area contributed by atoms with Crippen LogP contribution >= 0.6 is 7.26 Å². The molecule has 0 radical (unpaired) electrons. The summed E-state index contributed by atoms with van der Waals surface area (Å²) in [5.74, 6) is 0.228. The molecule has 0 spiro atoms. The average molecular weight is 595 g/mol. The fraction of sp³-hybridized carbons (Fsp3) is 0.412. The van der Waals surface area contributed by atoms with Gasteiger partial charge in [0.05, 0.1) is 6.16 Å². The number of nitrogens with zero attached hydrogens (tertiary/aromatic N) is 1. The molecule has 0 unspecified atom stereocenters. The van der Waals surface area contributed by atoms with Gasteiger partial charge in [-0.3, -0.25) is 4.79 Å². The summed E-state index contributed by atoms with van der Waals surface area (Å²) in [6, 6.07) is 33.0. The largest absolute Gasteiger partial charge is 1.00 e. The Balaban J connectivity index is 0.00000462. The van der Waals surface area contributed by atoms with E-state index < -0.39 is 12.9 Å². The van der Waals surface area contributed by atoms with Gasteiger partial charge in [-0.15, -0.1) is 0 Å². The van der Waals surface area contributed by atoms with Crippen molar-refractivity contribution in [2.24, 2.45) is 0 Å². The van der Waals surface area contributed by atoms with Crippen LogP contribution in [0.3, 0.4) is 0 Å². The van der Waals surface area contributed by atoms with Crippen molar-refractivity contribution in [3.8, 4) is 0 Å². The van der Waals surface area contributed by atoms with Crippen molar-refractivity contribution in [1.29, 1.82) is 0 Å². The fourth-order valence-corrected chi connectivity index (χ4v) is 10.00. The molecule has 0 saturated carbocycles. The molecule has 0 atom stereocenters. The topological polar surface area (TPSA) is 58.6 Å². The Morgan fingerprint density at radius 1 is 0.780 bits per heavy atom. The average Bonchev–Trinajstić information content (AvgIpc) is 2.96. The summed E-state index contributed by atoms with van der Waals surface area (Å²) in [5.41, 5.74) is -0.508. The Labute approximate surface area is 252 Å². The van der Waals surface area contributed by atoms with Crippen molar-refractivity contribution in [3.63, 3.8) is 0 Å². The number of rotatable bonds is 10. The molecule has 3 aromatic rings. The number of benzene rings is 3. The minimum atomic E-state index is -1.82. The number of nitrogens with one attached hydrogen (secondary N) is 1. The molecule has 0 aliphatic carbocycles. The summed E-state index contributed by atoms with van der Waals surface area (Å²) in [5, 5.41) is 7.18. The molecule has 1 heterocycles. The zero-order valence-corrected chi connectivity index (χ0v) is 26.2. The SMILES string of the molecule is CC(C)(C)OC(=O)NC1CCN(C(=O)CCCCC[P+](c2ccccc2)(c2ccccc2)c2ccccc2)CC1.[Cl-]. The number of amides is 2. The molecule has 220 valence electrons. The van der Waals surface area contributed by atoms with Crippen molar-refractivity contribution in [1.82, 2.24) is 10.2 Å². The Bertz CT molecular complexity index is 1110. The van der Waals surface area contributed by atoms with Gasteiger partial charge in [-0.1, -0.05) is 54.6 Å². The van der Waals surface area contributed by atoms with Crippen LogP contribution in [0.2, 0.25) is 0 Å². The molecule has 7 heteroatoms. The maximum Gasteiger partial charge on any atom is 0.407 e. The number of alkyl carbamates (subject to hydrolysis) is 1. The number of carbonyl (C=O) groups excluding carboxylic acids is 2. The number of ether oxygens (including phenoxy) is 1. The molecule has 4 rings (SSSR count). The first kappa shape index (κ1) is 32.6. The van der Waals surface area contributed by atoms with Gasteiger partial charge in [0.1, 0.15) is 28.8 Å². The quantitative estimate of drug-likeness (QED) is 0.290. The maximum atomic E-state index is 13.0. The first-order valence-electron chi connectivity index (χ1n) is 14.6.